The number of anilines is 1. The van der Waals surface area contributed by atoms with E-state index in [0.29, 0.717) is 18.3 Å². The Bertz CT molecular complexity index is 604. The van der Waals surface area contributed by atoms with Crippen LogP contribution in [0.1, 0.15) is 23.0 Å². The summed E-state index contributed by atoms with van der Waals surface area (Å²) in [4.78, 5) is 16.3. The van der Waals surface area contributed by atoms with Crippen LogP contribution in [0.3, 0.4) is 0 Å². The van der Waals surface area contributed by atoms with Crippen LogP contribution in [0.25, 0.3) is 0 Å². The lowest BCUT2D eigenvalue weighted by Crippen LogP contribution is -2.24. The van der Waals surface area contributed by atoms with Crippen LogP contribution in [0.5, 0.6) is 0 Å². The number of hydrogen-bond donors (Lipinski definition) is 2. The van der Waals surface area contributed by atoms with Gasteiger partial charge in [-0.2, -0.15) is 11.8 Å². The van der Waals surface area contributed by atoms with Crippen LogP contribution in [0.2, 0.25) is 0 Å². The average Bonchev–Trinajstić information content (AvgIpc) is 2.54. The summed E-state index contributed by atoms with van der Waals surface area (Å²) in [6.07, 6.45) is 3.73. The number of aromatic nitrogens is 1. The van der Waals surface area contributed by atoms with E-state index in [2.05, 4.69) is 28.8 Å². The highest BCUT2D eigenvalue weighted by Crippen LogP contribution is 2.11. The van der Waals surface area contributed by atoms with Gasteiger partial charge >= 0.3 is 0 Å². The van der Waals surface area contributed by atoms with Crippen molar-refractivity contribution in [2.45, 2.75) is 19.5 Å². The summed E-state index contributed by atoms with van der Waals surface area (Å²) in [6, 6.07) is 13.8. The Hall–Kier alpha value is -2.01. The van der Waals surface area contributed by atoms with Gasteiger partial charge in [-0.05, 0) is 30.9 Å². The maximum atomic E-state index is 12.2. The molecule has 0 aliphatic carbocycles. The fourth-order valence-electron chi connectivity index (χ4n) is 2.09. The molecule has 2 aromatic rings. The molecule has 1 heterocycles. The predicted octanol–water partition coefficient (Wildman–Crippen LogP) is 3.18. The van der Waals surface area contributed by atoms with Crippen LogP contribution >= 0.6 is 11.8 Å². The molecule has 0 radical (unpaired) electrons. The van der Waals surface area contributed by atoms with E-state index in [1.54, 1.807) is 24.0 Å². The van der Waals surface area contributed by atoms with Gasteiger partial charge in [-0.3, -0.25) is 9.78 Å². The van der Waals surface area contributed by atoms with Crippen LogP contribution in [-0.4, -0.2) is 28.9 Å². The van der Waals surface area contributed by atoms with E-state index in [0.717, 1.165) is 17.0 Å². The van der Waals surface area contributed by atoms with Gasteiger partial charge in [0.15, 0.2) is 0 Å². The summed E-state index contributed by atoms with van der Waals surface area (Å²) in [5, 5.41) is 6.26. The first-order valence-electron chi connectivity index (χ1n) is 7.22. The SMILES string of the molecule is CSCC(C)Nc1ccnc(C(=O)NCc2ccccc2)c1. The van der Waals surface area contributed by atoms with E-state index in [9.17, 15) is 4.79 Å². The van der Waals surface area contributed by atoms with E-state index >= 15 is 0 Å². The fraction of sp³-hybridized carbons (Fsp3) is 0.294. The molecule has 1 atom stereocenters. The van der Waals surface area contributed by atoms with Gasteiger partial charge in [-0.1, -0.05) is 30.3 Å². The van der Waals surface area contributed by atoms with Crippen molar-refractivity contribution in [1.82, 2.24) is 10.3 Å². The highest BCUT2D eigenvalue weighted by Gasteiger charge is 2.09. The molecule has 0 aliphatic rings. The van der Waals surface area contributed by atoms with Crippen molar-refractivity contribution in [3.8, 4) is 0 Å². The Morgan fingerprint density at radius 3 is 2.77 bits per heavy atom. The first kappa shape index (κ1) is 16.4. The number of carbonyl (C=O) groups excluding carboxylic acids is 1. The van der Waals surface area contributed by atoms with Crippen molar-refractivity contribution in [2.75, 3.05) is 17.3 Å². The van der Waals surface area contributed by atoms with Crippen LogP contribution in [0.4, 0.5) is 5.69 Å². The van der Waals surface area contributed by atoms with Crippen molar-refractivity contribution in [3.05, 3.63) is 59.9 Å². The molecule has 22 heavy (non-hydrogen) atoms. The number of carbonyl (C=O) groups is 1. The van der Waals surface area contributed by atoms with E-state index in [4.69, 9.17) is 0 Å². The summed E-state index contributed by atoms with van der Waals surface area (Å²) < 4.78 is 0. The second-order valence-corrected chi connectivity index (χ2v) is 6.01. The monoisotopic (exact) mass is 315 g/mol. The maximum absolute atomic E-state index is 12.2. The van der Waals surface area contributed by atoms with Gasteiger partial charge in [0.05, 0.1) is 0 Å². The third kappa shape index (κ3) is 5.07. The third-order valence-corrected chi connectivity index (χ3v) is 3.95. The normalized spacial score (nSPS) is 11.7. The van der Waals surface area contributed by atoms with Crippen LogP contribution < -0.4 is 10.6 Å². The second-order valence-electron chi connectivity index (χ2n) is 5.10. The molecule has 4 nitrogen and oxygen atoms in total. The standard InChI is InChI=1S/C17H21N3OS/c1-13(12-22-2)20-15-8-9-18-16(10-15)17(21)19-11-14-6-4-3-5-7-14/h3-10,13H,11-12H2,1-2H3,(H,18,20)(H,19,21). The van der Waals surface area contributed by atoms with Gasteiger partial charge < -0.3 is 10.6 Å². The summed E-state index contributed by atoms with van der Waals surface area (Å²) in [7, 11) is 0. The summed E-state index contributed by atoms with van der Waals surface area (Å²) in [5.41, 5.74) is 2.41. The number of amides is 1. The van der Waals surface area contributed by atoms with Crippen molar-refractivity contribution >= 4 is 23.4 Å². The lowest BCUT2D eigenvalue weighted by Gasteiger charge is -2.14. The summed E-state index contributed by atoms with van der Waals surface area (Å²) >= 11 is 1.79. The van der Waals surface area contributed by atoms with Gasteiger partial charge in [-0.25, -0.2) is 0 Å². The topological polar surface area (TPSA) is 54.0 Å². The number of thioether (sulfide) groups is 1. The molecule has 0 saturated carbocycles. The van der Waals surface area contributed by atoms with E-state index < -0.39 is 0 Å². The Kier molecular flexibility index (Phi) is 6.27. The molecule has 1 aromatic carbocycles. The van der Waals surface area contributed by atoms with Crippen molar-refractivity contribution in [2.24, 2.45) is 0 Å². The Balaban J connectivity index is 1.95. The van der Waals surface area contributed by atoms with Crippen LogP contribution in [0, 0.1) is 0 Å². The van der Waals surface area contributed by atoms with Crippen molar-refractivity contribution in [3.63, 3.8) is 0 Å². The molecule has 0 spiro atoms. The van der Waals surface area contributed by atoms with Crippen molar-refractivity contribution < 1.29 is 4.79 Å². The molecule has 2 N–H and O–H groups in total. The zero-order valence-corrected chi connectivity index (χ0v) is 13.7. The first-order chi connectivity index (χ1) is 10.7. The number of nitrogens with one attached hydrogen (secondary N) is 2. The molecular formula is C17H21N3OS. The number of pyridine rings is 1. The second kappa shape index (κ2) is 8.44. The predicted molar refractivity (Wildman–Crippen MR) is 93.3 cm³/mol. The molecule has 1 aromatic heterocycles. The number of rotatable bonds is 7. The van der Waals surface area contributed by atoms with Gasteiger partial charge in [0.2, 0.25) is 0 Å². The minimum Gasteiger partial charge on any atom is -0.382 e. The highest BCUT2D eigenvalue weighted by molar-refractivity contribution is 7.98. The average molecular weight is 315 g/mol. The lowest BCUT2D eigenvalue weighted by molar-refractivity contribution is 0.0946. The fourth-order valence-corrected chi connectivity index (χ4v) is 2.67. The molecule has 1 amide bonds. The Morgan fingerprint density at radius 1 is 1.27 bits per heavy atom. The quantitative estimate of drug-likeness (QED) is 0.824. The Morgan fingerprint density at radius 2 is 2.05 bits per heavy atom. The first-order valence-corrected chi connectivity index (χ1v) is 8.62. The lowest BCUT2D eigenvalue weighted by atomic mass is 10.2. The minimum absolute atomic E-state index is 0.162. The molecule has 116 valence electrons. The zero-order chi connectivity index (χ0) is 15.8. The van der Waals surface area contributed by atoms with Gasteiger partial charge in [0, 0.05) is 30.2 Å². The van der Waals surface area contributed by atoms with E-state index in [1.165, 1.54) is 0 Å². The maximum Gasteiger partial charge on any atom is 0.270 e. The molecule has 0 fully saturated rings. The van der Waals surface area contributed by atoms with E-state index in [1.807, 2.05) is 36.4 Å². The largest absolute Gasteiger partial charge is 0.382 e. The Labute approximate surface area is 135 Å². The molecule has 0 saturated heterocycles. The van der Waals surface area contributed by atoms with Gasteiger partial charge in [0.1, 0.15) is 5.69 Å². The number of benzene rings is 1. The molecule has 1 unspecified atom stereocenters. The summed E-state index contributed by atoms with van der Waals surface area (Å²) in [6.45, 7) is 2.62. The smallest absolute Gasteiger partial charge is 0.270 e. The van der Waals surface area contributed by atoms with Crippen molar-refractivity contribution in [1.29, 1.82) is 0 Å². The highest BCUT2D eigenvalue weighted by atomic mass is 32.2. The molecule has 2 rings (SSSR count). The number of nitrogens with zero attached hydrogens (tertiary/aromatic N) is 1. The zero-order valence-electron chi connectivity index (χ0n) is 12.9. The third-order valence-electron chi connectivity index (χ3n) is 3.12. The van der Waals surface area contributed by atoms with Crippen LogP contribution in [0.15, 0.2) is 48.7 Å². The van der Waals surface area contributed by atoms with E-state index in [-0.39, 0.29) is 5.91 Å². The summed E-state index contributed by atoms with van der Waals surface area (Å²) in [5.74, 6) is 0.850. The van der Waals surface area contributed by atoms with Gasteiger partial charge in [0.25, 0.3) is 5.91 Å². The number of hydrogen-bond acceptors (Lipinski definition) is 4. The molecular weight excluding hydrogens is 294 g/mol. The minimum atomic E-state index is -0.162. The molecule has 0 bridgehead atoms. The molecule has 5 heteroatoms. The van der Waals surface area contributed by atoms with Gasteiger partial charge in [-0.15, -0.1) is 0 Å². The molecule has 0 aliphatic heterocycles. The van der Waals surface area contributed by atoms with Crippen LogP contribution in [-0.2, 0) is 6.54 Å².